The Hall–Kier alpha value is -1.29. The molecule has 0 aliphatic heterocycles. The molecular weight excluding hydrogens is 341 g/mol. The van der Waals surface area contributed by atoms with Crippen LogP contribution in [-0.2, 0) is 0 Å². The van der Waals surface area contributed by atoms with Gasteiger partial charge in [-0.05, 0) is 54.1 Å². The number of amides is 1. The highest BCUT2D eigenvalue weighted by molar-refractivity contribution is 14.1. The number of hydrogen-bond donors (Lipinski definition) is 1. The van der Waals surface area contributed by atoms with E-state index in [1.54, 1.807) is 18.0 Å². The van der Waals surface area contributed by atoms with Gasteiger partial charge in [0.15, 0.2) is 0 Å². The van der Waals surface area contributed by atoms with Crippen molar-refractivity contribution in [1.82, 2.24) is 4.90 Å². The van der Waals surface area contributed by atoms with E-state index in [0.29, 0.717) is 17.7 Å². The van der Waals surface area contributed by atoms with Crippen molar-refractivity contribution in [3.8, 4) is 6.07 Å². The molecule has 1 unspecified atom stereocenters. The monoisotopic (exact) mass is 357 g/mol. The van der Waals surface area contributed by atoms with E-state index in [-0.39, 0.29) is 11.9 Å². The second kappa shape index (κ2) is 6.05. The van der Waals surface area contributed by atoms with Crippen molar-refractivity contribution in [3.63, 3.8) is 0 Å². The Morgan fingerprint density at radius 3 is 2.78 bits per heavy atom. The molecule has 1 aromatic rings. The summed E-state index contributed by atoms with van der Waals surface area (Å²) in [4.78, 5) is 13.9. The van der Waals surface area contributed by atoms with Gasteiger partial charge in [0, 0.05) is 22.3 Å². The third-order valence-electron chi connectivity index (χ3n) is 2.95. The number of anilines is 1. The number of carbonyl (C=O) groups excluding carboxylic acids is 1. The predicted molar refractivity (Wildman–Crippen MR) is 80.1 cm³/mol. The zero-order chi connectivity index (χ0) is 13.9. The SMILES string of the molecule is Cc1cc(I)cc(C(=O)N(C)C(C)CC#N)c1N. The predicted octanol–water partition coefficient (Wildman–Crippen LogP) is 2.56. The second-order valence-electron chi connectivity index (χ2n) is 4.31. The fraction of sp³-hybridized carbons (Fsp3) is 0.385. The Morgan fingerprint density at radius 1 is 1.61 bits per heavy atom. The zero-order valence-electron chi connectivity index (χ0n) is 10.7. The van der Waals surface area contributed by atoms with Crippen LogP contribution in [0.5, 0.6) is 0 Å². The number of benzene rings is 1. The van der Waals surface area contributed by atoms with E-state index < -0.39 is 0 Å². The van der Waals surface area contributed by atoms with Crippen molar-refractivity contribution < 1.29 is 4.79 Å². The molecule has 0 saturated carbocycles. The van der Waals surface area contributed by atoms with Gasteiger partial charge < -0.3 is 10.6 Å². The van der Waals surface area contributed by atoms with Gasteiger partial charge in [-0.2, -0.15) is 5.26 Å². The largest absolute Gasteiger partial charge is 0.398 e. The van der Waals surface area contributed by atoms with E-state index in [0.717, 1.165) is 9.13 Å². The number of nitrogens with two attached hydrogens (primary N) is 1. The van der Waals surface area contributed by atoms with Gasteiger partial charge in [0.1, 0.15) is 0 Å². The maximum atomic E-state index is 12.3. The number of nitrogens with zero attached hydrogens (tertiary/aromatic N) is 2. The smallest absolute Gasteiger partial charge is 0.256 e. The van der Waals surface area contributed by atoms with E-state index in [1.165, 1.54) is 0 Å². The molecular formula is C13H16IN3O. The minimum atomic E-state index is -0.142. The van der Waals surface area contributed by atoms with Crippen LogP contribution in [0.2, 0.25) is 0 Å². The lowest BCUT2D eigenvalue weighted by molar-refractivity contribution is 0.0747. The van der Waals surface area contributed by atoms with Gasteiger partial charge in [-0.3, -0.25) is 4.79 Å². The van der Waals surface area contributed by atoms with E-state index in [9.17, 15) is 4.79 Å². The number of carbonyl (C=O) groups is 1. The molecule has 0 heterocycles. The molecule has 18 heavy (non-hydrogen) atoms. The molecule has 0 aliphatic carbocycles. The highest BCUT2D eigenvalue weighted by Gasteiger charge is 2.20. The summed E-state index contributed by atoms with van der Waals surface area (Å²) in [5, 5.41) is 8.67. The van der Waals surface area contributed by atoms with Gasteiger partial charge in [0.05, 0.1) is 18.1 Å². The molecule has 0 fully saturated rings. The van der Waals surface area contributed by atoms with Gasteiger partial charge in [-0.25, -0.2) is 0 Å². The Labute approximate surface area is 121 Å². The molecule has 1 atom stereocenters. The summed E-state index contributed by atoms with van der Waals surface area (Å²) < 4.78 is 0.976. The summed E-state index contributed by atoms with van der Waals surface area (Å²) in [7, 11) is 1.69. The van der Waals surface area contributed by atoms with Crippen LogP contribution in [0.25, 0.3) is 0 Å². The number of nitriles is 1. The highest BCUT2D eigenvalue weighted by Crippen LogP contribution is 2.22. The molecule has 0 saturated heterocycles. The van der Waals surface area contributed by atoms with Crippen molar-refractivity contribution >= 4 is 34.2 Å². The first-order valence-corrected chi connectivity index (χ1v) is 6.66. The van der Waals surface area contributed by atoms with Crippen molar-refractivity contribution in [2.24, 2.45) is 0 Å². The molecule has 5 heteroatoms. The van der Waals surface area contributed by atoms with E-state index in [1.807, 2.05) is 19.9 Å². The Bertz CT molecular complexity index is 508. The van der Waals surface area contributed by atoms with Crippen molar-refractivity contribution in [2.45, 2.75) is 26.3 Å². The van der Waals surface area contributed by atoms with E-state index in [2.05, 4.69) is 28.7 Å². The third-order valence-corrected chi connectivity index (χ3v) is 3.57. The average Bonchev–Trinajstić information content (AvgIpc) is 2.32. The quantitative estimate of drug-likeness (QED) is 0.668. The molecule has 1 rings (SSSR count). The molecule has 0 bridgehead atoms. The molecule has 2 N–H and O–H groups in total. The van der Waals surface area contributed by atoms with Gasteiger partial charge in [0.2, 0.25) is 0 Å². The molecule has 1 amide bonds. The van der Waals surface area contributed by atoms with Crippen LogP contribution in [0.3, 0.4) is 0 Å². The first-order chi connectivity index (χ1) is 8.38. The molecule has 0 spiro atoms. The normalized spacial score (nSPS) is 11.7. The number of aryl methyl sites for hydroxylation is 1. The standard InChI is InChI=1S/C13H16IN3O/c1-8-6-10(14)7-11(12(8)16)13(18)17(3)9(2)4-5-15/h6-7,9H,4,16H2,1-3H3. The first kappa shape index (κ1) is 14.8. The summed E-state index contributed by atoms with van der Waals surface area (Å²) in [6.45, 7) is 3.73. The number of rotatable bonds is 3. The van der Waals surface area contributed by atoms with Gasteiger partial charge >= 0.3 is 0 Å². The van der Waals surface area contributed by atoms with Gasteiger partial charge in [-0.1, -0.05) is 0 Å². The number of nitrogen functional groups attached to an aromatic ring is 1. The topological polar surface area (TPSA) is 70.1 Å². The lowest BCUT2D eigenvalue weighted by atomic mass is 10.1. The minimum absolute atomic E-state index is 0.125. The van der Waals surface area contributed by atoms with Crippen molar-refractivity contribution in [3.05, 3.63) is 26.8 Å². The summed E-state index contributed by atoms with van der Waals surface area (Å²) in [6, 6.07) is 5.66. The lowest BCUT2D eigenvalue weighted by Crippen LogP contribution is -2.35. The fourth-order valence-electron chi connectivity index (χ4n) is 1.59. The van der Waals surface area contributed by atoms with Crippen molar-refractivity contribution in [2.75, 3.05) is 12.8 Å². The summed E-state index contributed by atoms with van der Waals surface area (Å²) in [5.41, 5.74) is 7.86. The molecule has 96 valence electrons. The molecule has 0 aromatic heterocycles. The molecule has 0 aliphatic rings. The molecule has 0 radical (unpaired) electrons. The second-order valence-corrected chi connectivity index (χ2v) is 5.56. The highest BCUT2D eigenvalue weighted by atomic mass is 127. The Morgan fingerprint density at radius 2 is 2.22 bits per heavy atom. The van der Waals surface area contributed by atoms with Crippen LogP contribution >= 0.6 is 22.6 Å². The number of halogens is 1. The fourth-order valence-corrected chi connectivity index (χ4v) is 2.37. The minimum Gasteiger partial charge on any atom is -0.398 e. The Kier molecular flexibility index (Phi) is 4.96. The summed E-state index contributed by atoms with van der Waals surface area (Å²) in [5.74, 6) is -0.142. The third kappa shape index (κ3) is 3.13. The van der Waals surface area contributed by atoms with Crippen molar-refractivity contribution in [1.29, 1.82) is 5.26 Å². The van der Waals surface area contributed by atoms with E-state index in [4.69, 9.17) is 11.0 Å². The van der Waals surface area contributed by atoms with E-state index >= 15 is 0 Å². The van der Waals surface area contributed by atoms with Crippen LogP contribution in [0.1, 0.15) is 29.3 Å². The lowest BCUT2D eigenvalue weighted by Gasteiger charge is -2.24. The number of hydrogen-bond acceptors (Lipinski definition) is 3. The van der Waals surface area contributed by atoms with Crippen LogP contribution in [0.4, 0.5) is 5.69 Å². The van der Waals surface area contributed by atoms with Crippen LogP contribution in [-0.4, -0.2) is 23.9 Å². The van der Waals surface area contributed by atoms with Crippen LogP contribution in [0.15, 0.2) is 12.1 Å². The first-order valence-electron chi connectivity index (χ1n) is 5.58. The molecule has 4 nitrogen and oxygen atoms in total. The maximum absolute atomic E-state index is 12.3. The maximum Gasteiger partial charge on any atom is 0.256 e. The summed E-state index contributed by atoms with van der Waals surface area (Å²) >= 11 is 2.16. The van der Waals surface area contributed by atoms with Crippen LogP contribution < -0.4 is 5.73 Å². The Balaban J connectivity index is 3.08. The van der Waals surface area contributed by atoms with Crippen LogP contribution in [0, 0.1) is 21.8 Å². The average molecular weight is 357 g/mol. The van der Waals surface area contributed by atoms with Gasteiger partial charge in [-0.15, -0.1) is 0 Å². The van der Waals surface area contributed by atoms with Gasteiger partial charge in [0.25, 0.3) is 5.91 Å². The zero-order valence-corrected chi connectivity index (χ0v) is 12.9. The molecule has 1 aromatic carbocycles. The summed E-state index contributed by atoms with van der Waals surface area (Å²) in [6.07, 6.45) is 0.311.